The average molecular weight is 389 g/mol. The number of hydrogen-bond acceptors (Lipinski definition) is 3. The molecule has 1 saturated carbocycles. The van der Waals surface area contributed by atoms with Crippen molar-refractivity contribution in [3.05, 3.63) is 66.2 Å². The van der Waals surface area contributed by atoms with Gasteiger partial charge in [-0.15, -0.1) is 0 Å². The second kappa shape index (κ2) is 8.66. The molecule has 2 atom stereocenters. The summed E-state index contributed by atoms with van der Waals surface area (Å²) in [6.07, 6.45) is 3.84. The summed E-state index contributed by atoms with van der Waals surface area (Å²) in [6.45, 7) is 0.594. The molecule has 4 nitrogen and oxygen atoms in total. The highest BCUT2D eigenvalue weighted by Gasteiger charge is 2.24. The summed E-state index contributed by atoms with van der Waals surface area (Å²) < 4.78 is 6.11. The standard InChI is InChI=1S/C25H27NO3/c26-23-7-3-6-22(23)16-29-24-12-10-20(15-21(24)11-13-25(27)28)19-9-8-17-4-1-2-5-18(17)14-19/h1-2,4-5,8-10,12,14-15,22-23H,3,6-7,11,13,16,26H2,(H,27,28). The van der Waals surface area contributed by atoms with Crippen molar-refractivity contribution in [2.45, 2.75) is 38.1 Å². The van der Waals surface area contributed by atoms with E-state index >= 15 is 0 Å². The number of carbonyl (C=O) groups is 1. The molecule has 29 heavy (non-hydrogen) atoms. The number of aryl methyl sites for hydroxylation is 1. The highest BCUT2D eigenvalue weighted by atomic mass is 16.5. The van der Waals surface area contributed by atoms with E-state index in [9.17, 15) is 4.79 Å². The number of ether oxygens (including phenoxy) is 1. The number of rotatable bonds is 7. The molecule has 4 heteroatoms. The first kappa shape index (κ1) is 19.5. The van der Waals surface area contributed by atoms with Crippen molar-refractivity contribution in [3.8, 4) is 16.9 Å². The summed E-state index contributed by atoms with van der Waals surface area (Å²) in [6, 6.07) is 21.0. The van der Waals surface area contributed by atoms with Crippen LogP contribution in [0.2, 0.25) is 0 Å². The number of benzene rings is 3. The maximum atomic E-state index is 11.1. The van der Waals surface area contributed by atoms with Gasteiger partial charge in [0.15, 0.2) is 0 Å². The van der Waals surface area contributed by atoms with E-state index in [1.165, 1.54) is 10.8 Å². The highest BCUT2D eigenvalue weighted by Crippen LogP contribution is 2.31. The Balaban J connectivity index is 1.60. The van der Waals surface area contributed by atoms with Crippen molar-refractivity contribution in [2.24, 2.45) is 11.7 Å². The maximum absolute atomic E-state index is 11.1. The third kappa shape index (κ3) is 4.60. The molecular formula is C25H27NO3. The number of hydrogen-bond donors (Lipinski definition) is 2. The zero-order valence-electron chi connectivity index (χ0n) is 16.5. The van der Waals surface area contributed by atoms with E-state index in [0.717, 1.165) is 41.7 Å². The Kier molecular flexibility index (Phi) is 5.81. The smallest absolute Gasteiger partial charge is 0.303 e. The van der Waals surface area contributed by atoms with Crippen LogP contribution in [0.15, 0.2) is 60.7 Å². The molecule has 150 valence electrons. The zero-order chi connectivity index (χ0) is 20.2. The lowest BCUT2D eigenvalue weighted by atomic mass is 9.97. The van der Waals surface area contributed by atoms with Gasteiger partial charge in [0.2, 0.25) is 0 Å². The van der Waals surface area contributed by atoms with E-state index in [0.29, 0.717) is 18.9 Å². The van der Waals surface area contributed by atoms with Gasteiger partial charge >= 0.3 is 5.97 Å². The van der Waals surface area contributed by atoms with E-state index in [1.807, 2.05) is 18.2 Å². The van der Waals surface area contributed by atoms with E-state index in [1.54, 1.807) is 0 Å². The van der Waals surface area contributed by atoms with Gasteiger partial charge in [-0.05, 0) is 64.9 Å². The Morgan fingerprint density at radius 1 is 1.00 bits per heavy atom. The third-order valence-electron chi connectivity index (χ3n) is 5.92. The van der Waals surface area contributed by atoms with Crippen molar-refractivity contribution in [2.75, 3.05) is 6.61 Å². The van der Waals surface area contributed by atoms with E-state index < -0.39 is 5.97 Å². The normalized spacial score (nSPS) is 18.8. The summed E-state index contributed by atoms with van der Waals surface area (Å²) >= 11 is 0. The van der Waals surface area contributed by atoms with Crippen LogP contribution in [0.1, 0.15) is 31.2 Å². The first-order valence-corrected chi connectivity index (χ1v) is 10.3. The van der Waals surface area contributed by atoms with Gasteiger partial charge in [-0.1, -0.05) is 48.9 Å². The molecule has 0 saturated heterocycles. The van der Waals surface area contributed by atoms with Gasteiger partial charge in [0.1, 0.15) is 5.75 Å². The number of aliphatic carboxylic acids is 1. The van der Waals surface area contributed by atoms with Crippen LogP contribution in [-0.4, -0.2) is 23.7 Å². The van der Waals surface area contributed by atoms with E-state index in [-0.39, 0.29) is 12.5 Å². The van der Waals surface area contributed by atoms with Gasteiger partial charge in [0, 0.05) is 18.4 Å². The molecule has 0 radical (unpaired) electrons. The van der Waals surface area contributed by atoms with Crippen molar-refractivity contribution >= 4 is 16.7 Å². The fourth-order valence-electron chi connectivity index (χ4n) is 4.17. The molecular weight excluding hydrogens is 362 g/mol. The van der Waals surface area contributed by atoms with Crippen LogP contribution >= 0.6 is 0 Å². The van der Waals surface area contributed by atoms with Crippen LogP contribution in [-0.2, 0) is 11.2 Å². The first-order chi connectivity index (χ1) is 14.1. The molecule has 1 aliphatic rings. The van der Waals surface area contributed by atoms with Gasteiger partial charge in [-0.25, -0.2) is 0 Å². The summed E-state index contributed by atoms with van der Waals surface area (Å²) in [4.78, 5) is 11.1. The molecule has 0 aromatic heterocycles. The Labute approximate surface area is 171 Å². The SMILES string of the molecule is NC1CCCC1COc1ccc(-c2ccc3ccccc3c2)cc1CCC(=O)O. The minimum Gasteiger partial charge on any atom is -0.493 e. The number of carboxylic acids is 1. The summed E-state index contributed by atoms with van der Waals surface area (Å²) in [7, 11) is 0. The molecule has 4 rings (SSSR count). The van der Waals surface area contributed by atoms with E-state index in [4.69, 9.17) is 15.6 Å². The van der Waals surface area contributed by atoms with Crippen LogP contribution < -0.4 is 10.5 Å². The predicted molar refractivity (Wildman–Crippen MR) is 116 cm³/mol. The van der Waals surface area contributed by atoms with E-state index in [2.05, 4.69) is 42.5 Å². The largest absolute Gasteiger partial charge is 0.493 e. The van der Waals surface area contributed by atoms with Gasteiger partial charge < -0.3 is 15.6 Å². The third-order valence-corrected chi connectivity index (χ3v) is 5.92. The van der Waals surface area contributed by atoms with Crippen LogP contribution in [0.3, 0.4) is 0 Å². The monoisotopic (exact) mass is 389 g/mol. The molecule has 2 unspecified atom stereocenters. The zero-order valence-corrected chi connectivity index (χ0v) is 16.5. The fourth-order valence-corrected chi connectivity index (χ4v) is 4.17. The Hall–Kier alpha value is -2.85. The quantitative estimate of drug-likeness (QED) is 0.594. The second-order valence-electron chi connectivity index (χ2n) is 7.94. The molecule has 3 aromatic carbocycles. The van der Waals surface area contributed by atoms with Crippen LogP contribution in [0, 0.1) is 5.92 Å². The first-order valence-electron chi connectivity index (χ1n) is 10.3. The van der Waals surface area contributed by atoms with Crippen LogP contribution in [0.4, 0.5) is 0 Å². The van der Waals surface area contributed by atoms with Crippen molar-refractivity contribution in [1.29, 1.82) is 0 Å². The van der Waals surface area contributed by atoms with Crippen molar-refractivity contribution in [1.82, 2.24) is 0 Å². The Morgan fingerprint density at radius 3 is 2.52 bits per heavy atom. The minimum absolute atomic E-state index is 0.0838. The Bertz CT molecular complexity index is 1010. The second-order valence-corrected chi connectivity index (χ2v) is 7.94. The topological polar surface area (TPSA) is 72.5 Å². The molecule has 3 aromatic rings. The summed E-state index contributed by atoms with van der Waals surface area (Å²) in [5.41, 5.74) is 9.29. The molecule has 0 bridgehead atoms. The maximum Gasteiger partial charge on any atom is 0.303 e. The number of fused-ring (bicyclic) bond motifs is 1. The van der Waals surface area contributed by atoms with Crippen LogP contribution in [0.5, 0.6) is 5.75 Å². The lowest BCUT2D eigenvalue weighted by molar-refractivity contribution is -0.136. The lowest BCUT2D eigenvalue weighted by Crippen LogP contribution is -2.29. The minimum atomic E-state index is -0.801. The molecule has 0 spiro atoms. The molecule has 1 fully saturated rings. The molecule has 0 heterocycles. The van der Waals surface area contributed by atoms with Crippen molar-refractivity contribution in [3.63, 3.8) is 0 Å². The van der Waals surface area contributed by atoms with Gasteiger partial charge in [0.25, 0.3) is 0 Å². The summed E-state index contributed by atoms with van der Waals surface area (Å²) in [5.74, 6) is 0.349. The molecule has 1 aliphatic carbocycles. The molecule has 3 N–H and O–H groups in total. The lowest BCUT2D eigenvalue weighted by Gasteiger charge is -2.18. The molecule has 0 aliphatic heterocycles. The highest BCUT2D eigenvalue weighted by molar-refractivity contribution is 5.87. The van der Waals surface area contributed by atoms with Gasteiger partial charge in [-0.2, -0.15) is 0 Å². The number of nitrogens with two attached hydrogens (primary N) is 1. The molecule has 0 amide bonds. The van der Waals surface area contributed by atoms with Crippen molar-refractivity contribution < 1.29 is 14.6 Å². The van der Waals surface area contributed by atoms with Crippen LogP contribution in [0.25, 0.3) is 21.9 Å². The number of carboxylic acid groups (broad SMARTS) is 1. The predicted octanol–water partition coefficient (Wildman–Crippen LogP) is 5.03. The Morgan fingerprint density at radius 2 is 1.76 bits per heavy atom. The average Bonchev–Trinajstić information content (AvgIpc) is 3.15. The van der Waals surface area contributed by atoms with Gasteiger partial charge in [-0.3, -0.25) is 4.79 Å². The van der Waals surface area contributed by atoms with Gasteiger partial charge in [0.05, 0.1) is 6.61 Å². The fraction of sp³-hybridized carbons (Fsp3) is 0.320. The summed E-state index contributed by atoms with van der Waals surface area (Å²) in [5, 5.41) is 11.5.